The molecule has 1 saturated carbocycles. The summed E-state index contributed by atoms with van der Waals surface area (Å²) in [4.78, 5) is 11.9. The summed E-state index contributed by atoms with van der Waals surface area (Å²) in [6, 6.07) is 7.11. The molecule has 1 aliphatic rings. The number of thioether (sulfide) groups is 1. The Morgan fingerprint density at radius 2 is 2.00 bits per heavy atom. The molecule has 0 radical (unpaired) electrons. The van der Waals surface area contributed by atoms with Crippen molar-refractivity contribution >= 4 is 29.3 Å². The predicted molar refractivity (Wildman–Crippen MR) is 101 cm³/mol. The Balaban J connectivity index is 1.32. The Labute approximate surface area is 162 Å². The summed E-state index contributed by atoms with van der Waals surface area (Å²) in [5.74, 6) is 1.97. The highest BCUT2D eigenvalue weighted by Gasteiger charge is 2.21. The van der Waals surface area contributed by atoms with E-state index in [9.17, 15) is 4.79 Å². The van der Waals surface area contributed by atoms with E-state index in [0.717, 1.165) is 18.6 Å². The third kappa shape index (κ3) is 5.92. The van der Waals surface area contributed by atoms with Gasteiger partial charge in [0.05, 0.1) is 12.3 Å². The largest absolute Gasteiger partial charge is 0.492 e. The number of halogens is 1. The van der Waals surface area contributed by atoms with E-state index in [1.165, 1.54) is 31.0 Å². The van der Waals surface area contributed by atoms with Crippen molar-refractivity contribution in [1.29, 1.82) is 0 Å². The fourth-order valence-electron chi connectivity index (χ4n) is 2.86. The van der Waals surface area contributed by atoms with E-state index >= 15 is 0 Å². The number of amides is 1. The van der Waals surface area contributed by atoms with Crippen LogP contribution in [0.5, 0.6) is 5.75 Å². The second-order valence-corrected chi connectivity index (χ2v) is 7.55. The quantitative estimate of drug-likeness (QED) is 0.536. The summed E-state index contributed by atoms with van der Waals surface area (Å²) in [7, 11) is 0. The third-order valence-corrected chi connectivity index (χ3v) is 5.28. The van der Waals surface area contributed by atoms with Crippen molar-refractivity contribution in [3.8, 4) is 5.75 Å². The van der Waals surface area contributed by atoms with E-state index in [-0.39, 0.29) is 11.7 Å². The molecule has 1 fully saturated rings. The maximum Gasteiger partial charge on any atom is 0.277 e. The number of carbonyl (C=O) groups excluding carboxylic acids is 1. The summed E-state index contributed by atoms with van der Waals surface area (Å²) >= 11 is 7.07. The van der Waals surface area contributed by atoms with Gasteiger partial charge >= 0.3 is 0 Å². The minimum atomic E-state index is -0.0906. The molecule has 0 saturated heterocycles. The number of nitrogens with one attached hydrogen (secondary N) is 1. The Kier molecular flexibility index (Phi) is 7.20. The van der Waals surface area contributed by atoms with E-state index in [0.29, 0.717) is 35.2 Å². The SMILES string of the molecule is O=C(CSc1nnc(C2CCCCC2)o1)NCCOc1ccc(Cl)cc1. The average Bonchev–Trinajstić information content (AvgIpc) is 3.15. The monoisotopic (exact) mass is 395 g/mol. The number of hydrogen-bond donors (Lipinski definition) is 1. The summed E-state index contributed by atoms with van der Waals surface area (Å²) in [5, 5.41) is 12.1. The molecule has 26 heavy (non-hydrogen) atoms. The lowest BCUT2D eigenvalue weighted by Crippen LogP contribution is -2.29. The minimum Gasteiger partial charge on any atom is -0.492 e. The molecule has 0 aliphatic heterocycles. The lowest BCUT2D eigenvalue weighted by molar-refractivity contribution is -0.118. The molecule has 1 N–H and O–H groups in total. The second-order valence-electron chi connectivity index (χ2n) is 6.18. The van der Waals surface area contributed by atoms with Gasteiger partial charge in [0.2, 0.25) is 11.8 Å². The van der Waals surface area contributed by atoms with Crippen LogP contribution in [0.3, 0.4) is 0 Å². The molecule has 2 aromatic rings. The number of ether oxygens (including phenoxy) is 1. The lowest BCUT2D eigenvalue weighted by Gasteiger charge is -2.17. The molecule has 8 heteroatoms. The van der Waals surface area contributed by atoms with Crippen LogP contribution >= 0.6 is 23.4 Å². The van der Waals surface area contributed by atoms with Crippen molar-refractivity contribution < 1.29 is 13.9 Å². The highest BCUT2D eigenvalue weighted by Crippen LogP contribution is 2.32. The highest BCUT2D eigenvalue weighted by atomic mass is 35.5. The standard InChI is InChI=1S/C18H22ClN3O3S/c19-14-6-8-15(9-7-14)24-11-10-20-16(23)12-26-18-22-21-17(25-18)13-4-2-1-3-5-13/h6-9,13H,1-5,10-12H2,(H,20,23). The Morgan fingerprint density at radius 3 is 2.77 bits per heavy atom. The lowest BCUT2D eigenvalue weighted by atomic mass is 9.89. The van der Waals surface area contributed by atoms with Crippen molar-refractivity contribution in [2.24, 2.45) is 0 Å². The molecule has 0 bridgehead atoms. The zero-order valence-electron chi connectivity index (χ0n) is 14.4. The number of aromatic nitrogens is 2. The van der Waals surface area contributed by atoms with Crippen molar-refractivity contribution in [3.05, 3.63) is 35.2 Å². The average molecular weight is 396 g/mol. The molecule has 3 rings (SSSR count). The first-order valence-corrected chi connectivity index (χ1v) is 10.2. The van der Waals surface area contributed by atoms with E-state index in [4.69, 9.17) is 20.8 Å². The number of rotatable bonds is 8. The Hall–Kier alpha value is -1.73. The fourth-order valence-corrected chi connectivity index (χ4v) is 3.59. The van der Waals surface area contributed by atoms with Gasteiger partial charge in [-0.3, -0.25) is 4.79 Å². The van der Waals surface area contributed by atoms with Crippen LogP contribution in [0.1, 0.15) is 43.9 Å². The van der Waals surface area contributed by atoms with E-state index in [1.54, 1.807) is 24.3 Å². The molecule has 0 spiro atoms. The summed E-state index contributed by atoms with van der Waals surface area (Å²) in [6.45, 7) is 0.823. The Morgan fingerprint density at radius 1 is 1.23 bits per heavy atom. The van der Waals surface area contributed by atoms with E-state index in [1.807, 2.05) is 0 Å². The molecule has 1 amide bonds. The molecule has 1 heterocycles. The summed E-state index contributed by atoms with van der Waals surface area (Å²) < 4.78 is 11.2. The number of nitrogens with zero attached hydrogens (tertiary/aromatic N) is 2. The molecule has 1 aliphatic carbocycles. The molecule has 1 aromatic carbocycles. The highest BCUT2D eigenvalue weighted by molar-refractivity contribution is 7.99. The maximum atomic E-state index is 11.9. The van der Waals surface area contributed by atoms with Gasteiger partial charge in [-0.2, -0.15) is 0 Å². The van der Waals surface area contributed by atoms with Crippen LogP contribution in [0.2, 0.25) is 5.02 Å². The molecule has 140 valence electrons. The van der Waals surface area contributed by atoms with Crippen LogP contribution in [-0.2, 0) is 4.79 Å². The van der Waals surface area contributed by atoms with Gasteiger partial charge in [0, 0.05) is 10.9 Å². The Bertz CT molecular complexity index is 702. The molecule has 0 unspecified atom stereocenters. The van der Waals surface area contributed by atoms with Gasteiger partial charge in [-0.25, -0.2) is 0 Å². The maximum absolute atomic E-state index is 11.9. The van der Waals surface area contributed by atoms with Gasteiger partial charge in [-0.05, 0) is 37.1 Å². The summed E-state index contributed by atoms with van der Waals surface area (Å²) in [5.41, 5.74) is 0. The molecule has 1 aromatic heterocycles. The molecule has 6 nitrogen and oxygen atoms in total. The van der Waals surface area contributed by atoms with Crippen LogP contribution < -0.4 is 10.1 Å². The topological polar surface area (TPSA) is 77.2 Å². The normalized spacial score (nSPS) is 15.0. The van der Waals surface area contributed by atoms with Crippen LogP contribution in [0.4, 0.5) is 0 Å². The van der Waals surface area contributed by atoms with Gasteiger partial charge < -0.3 is 14.5 Å². The van der Waals surface area contributed by atoms with Crippen LogP contribution in [0.15, 0.2) is 33.9 Å². The van der Waals surface area contributed by atoms with E-state index in [2.05, 4.69) is 15.5 Å². The predicted octanol–water partition coefficient (Wildman–Crippen LogP) is 4.06. The van der Waals surface area contributed by atoms with Gasteiger partial charge in [0.25, 0.3) is 5.22 Å². The molecular weight excluding hydrogens is 374 g/mol. The van der Waals surface area contributed by atoms with Gasteiger partial charge in [-0.15, -0.1) is 10.2 Å². The number of carbonyl (C=O) groups is 1. The van der Waals surface area contributed by atoms with Crippen molar-refractivity contribution in [2.75, 3.05) is 18.9 Å². The second kappa shape index (κ2) is 9.83. The zero-order chi connectivity index (χ0) is 18.2. The number of hydrogen-bond acceptors (Lipinski definition) is 6. The van der Waals surface area contributed by atoms with Crippen LogP contribution in [-0.4, -0.2) is 35.0 Å². The fraction of sp³-hybridized carbons (Fsp3) is 0.500. The minimum absolute atomic E-state index is 0.0906. The smallest absolute Gasteiger partial charge is 0.277 e. The van der Waals surface area contributed by atoms with Crippen molar-refractivity contribution in [1.82, 2.24) is 15.5 Å². The first kappa shape index (κ1) is 19.0. The van der Waals surface area contributed by atoms with Gasteiger partial charge in [0.1, 0.15) is 12.4 Å². The first-order valence-electron chi connectivity index (χ1n) is 8.82. The van der Waals surface area contributed by atoms with Crippen LogP contribution in [0.25, 0.3) is 0 Å². The third-order valence-electron chi connectivity index (χ3n) is 4.21. The van der Waals surface area contributed by atoms with Crippen LogP contribution in [0, 0.1) is 0 Å². The molecule has 0 atom stereocenters. The van der Waals surface area contributed by atoms with Gasteiger partial charge in [0.15, 0.2) is 0 Å². The van der Waals surface area contributed by atoms with Crippen molar-refractivity contribution in [3.63, 3.8) is 0 Å². The molecular formula is C18H22ClN3O3S. The number of benzene rings is 1. The van der Waals surface area contributed by atoms with E-state index < -0.39 is 0 Å². The first-order chi connectivity index (χ1) is 12.7. The van der Waals surface area contributed by atoms with Crippen molar-refractivity contribution in [2.45, 2.75) is 43.2 Å². The zero-order valence-corrected chi connectivity index (χ0v) is 16.0. The van der Waals surface area contributed by atoms with Gasteiger partial charge in [-0.1, -0.05) is 42.6 Å². The summed E-state index contributed by atoms with van der Waals surface area (Å²) in [6.07, 6.45) is 5.95.